The van der Waals surface area contributed by atoms with Gasteiger partial charge in [0.05, 0.1) is 18.1 Å². The molecule has 31 heavy (non-hydrogen) atoms. The van der Waals surface area contributed by atoms with Crippen molar-refractivity contribution in [2.24, 2.45) is 0 Å². The van der Waals surface area contributed by atoms with Crippen LogP contribution in [-0.4, -0.2) is 81.3 Å². The van der Waals surface area contributed by atoms with Crippen LogP contribution in [0.3, 0.4) is 0 Å². The van der Waals surface area contributed by atoms with Gasteiger partial charge in [-0.2, -0.15) is 4.31 Å². The first kappa shape index (κ1) is 21.5. The van der Waals surface area contributed by atoms with Crippen LogP contribution in [0.15, 0.2) is 41.3 Å². The Kier molecular flexibility index (Phi) is 6.35. The van der Waals surface area contributed by atoms with Crippen molar-refractivity contribution >= 4 is 33.3 Å². The Morgan fingerprint density at radius 2 is 1.42 bits per heavy atom. The molecule has 2 aliphatic heterocycles. The van der Waals surface area contributed by atoms with Gasteiger partial charge in [-0.15, -0.1) is 10.2 Å². The van der Waals surface area contributed by atoms with Gasteiger partial charge in [0.25, 0.3) is 0 Å². The normalized spacial score (nSPS) is 18.1. The standard InChI is InChI=1S/C20H26N6O4S/c1-16(27)21-17-2-4-18(5-3-17)31(28,29)26-10-8-24(9-11-26)19-6-7-20(23-22-19)25-12-14-30-15-13-25/h2-7H,8-15H2,1H3,(H,21,27). The molecule has 11 heteroatoms. The number of carbonyl (C=O) groups is 1. The summed E-state index contributed by atoms with van der Waals surface area (Å²) in [6.07, 6.45) is 0. The number of ether oxygens (including phenoxy) is 1. The van der Waals surface area contributed by atoms with Crippen LogP contribution in [0.2, 0.25) is 0 Å². The molecule has 0 unspecified atom stereocenters. The van der Waals surface area contributed by atoms with Gasteiger partial charge in [-0.05, 0) is 36.4 Å². The van der Waals surface area contributed by atoms with E-state index in [4.69, 9.17) is 4.74 Å². The lowest BCUT2D eigenvalue weighted by Crippen LogP contribution is -2.49. The first-order valence-corrected chi connectivity index (χ1v) is 11.7. The molecule has 2 fully saturated rings. The Hall–Kier alpha value is -2.76. The van der Waals surface area contributed by atoms with Gasteiger partial charge in [-0.25, -0.2) is 8.42 Å². The van der Waals surface area contributed by atoms with Crippen molar-refractivity contribution in [2.75, 3.05) is 67.6 Å². The third-order valence-electron chi connectivity index (χ3n) is 5.35. The second kappa shape index (κ2) is 9.16. The number of amides is 1. The van der Waals surface area contributed by atoms with E-state index in [2.05, 4.69) is 20.4 Å². The molecular weight excluding hydrogens is 420 g/mol. The Balaban J connectivity index is 1.37. The van der Waals surface area contributed by atoms with Gasteiger partial charge in [0.2, 0.25) is 15.9 Å². The molecule has 0 spiro atoms. The Labute approximate surface area is 181 Å². The molecule has 0 bridgehead atoms. The zero-order valence-corrected chi connectivity index (χ0v) is 18.2. The van der Waals surface area contributed by atoms with Gasteiger partial charge in [-0.3, -0.25) is 4.79 Å². The van der Waals surface area contributed by atoms with E-state index in [1.807, 2.05) is 17.0 Å². The van der Waals surface area contributed by atoms with Gasteiger partial charge in [0, 0.05) is 51.9 Å². The maximum absolute atomic E-state index is 13.0. The Morgan fingerprint density at radius 1 is 0.871 bits per heavy atom. The molecule has 0 atom stereocenters. The molecule has 10 nitrogen and oxygen atoms in total. The topological polar surface area (TPSA) is 108 Å². The fourth-order valence-corrected chi connectivity index (χ4v) is 5.09. The number of aromatic nitrogens is 2. The van der Waals surface area contributed by atoms with E-state index in [1.165, 1.54) is 23.4 Å². The molecular formula is C20H26N6O4S. The summed E-state index contributed by atoms with van der Waals surface area (Å²) >= 11 is 0. The smallest absolute Gasteiger partial charge is 0.243 e. The molecule has 3 heterocycles. The highest BCUT2D eigenvalue weighted by Gasteiger charge is 2.29. The minimum absolute atomic E-state index is 0.201. The largest absolute Gasteiger partial charge is 0.378 e. The van der Waals surface area contributed by atoms with E-state index in [-0.39, 0.29) is 10.8 Å². The van der Waals surface area contributed by atoms with E-state index in [0.717, 1.165) is 24.7 Å². The van der Waals surface area contributed by atoms with E-state index in [0.29, 0.717) is 45.1 Å². The summed E-state index contributed by atoms with van der Waals surface area (Å²) in [6, 6.07) is 10.1. The molecule has 1 amide bonds. The molecule has 2 saturated heterocycles. The van der Waals surface area contributed by atoms with Crippen molar-refractivity contribution < 1.29 is 17.9 Å². The number of nitrogens with zero attached hydrogens (tertiary/aromatic N) is 5. The van der Waals surface area contributed by atoms with Gasteiger partial charge in [0.1, 0.15) is 0 Å². The van der Waals surface area contributed by atoms with Crippen LogP contribution in [0.4, 0.5) is 17.3 Å². The number of carbonyl (C=O) groups excluding carboxylic acids is 1. The number of rotatable bonds is 5. The summed E-state index contributed by atoms with van der Waals surface area (Å²) in [5.74, 6) is 1.37. The average Bonchev–Trinajstić information content (AvgIpc) is 2.80. The van der Waals surface area contributed by atoms with Crippen molar-refractivity contribution in [1.82, 2.24) is 14.5 Å². The second-order valence-corrected chi connectivity index (χ2v) is 9.38. The monoisotopic (exact) mass is 446 g/mol. The van der Waals surface area contributed by atoms with Crippen LogP contribution in [0.5, 0.6) is 0 Å². The molecule has 2 aromatic rings. The maximum atomic E-state index is 13.0. The lowest BCUT2D eigenvalue weighted by molar-refractivity contribution is -0.114. The van der Waals surface area contributed by atoms with Crippen molar-refractivity contribution in [3.63, 3.8) is 0 Å². The summed E-state index contributed by atoms with van der Waals surface area (Å²) in [5, 5.41) is 11.3. The van der Waals surface area contributed by atoms with Crippen LogP contribution in [0, 0.1) is 0 Å². The first-order chi connectivity index (χ1) is 14.9. The molecule has 2 aliphatic rings. The predicted molar refractivity (Wildman–Crippen MR) is 117 cm³/mol. The van der Waals surface area contributed by atoms with Crippen LogP contribution >= 0.6 is 0 Å². The minimum Gasteiger partial charge on any atom is -0.378 e. The lowest BCUT2D eigenvalue weighted by Gasteiger charge is -2.34. The van der Waals surface area contributed by atoms with Crippen molar-refractivity contribution in [2.45, 2.75) is 11.8 Å². The van der Waals surface area contributed by atoms with E-state index in [9.17, 15) is 13.2 Å². The number of benzene rings is 1. The van der Waals surface area contributed by atoms with Crippen molar-refractivity contribution in [3.8, 4) is 0 Å². The van der Waals surface area contributed by atoms with E-state index < -0.39 is 10.0 Å². The highest BCUT2D eigenvalue weighted by atomic mass is 32.2. The molecule has 1 aromatic heterocycles. The quantitative estimate of drug-likeness (QED) is 0.718. The summed E-state index contributed by atoms with van der Waals surface area (Å²) in [5.41, 5.74) is 0.565. The van der Waals surface area contributed by atoms with Gasteiger partial charge >= 0.3 is 0 Å². The predicted octanol–water partition coefficient (Wildman–Crippen LogP) is 0.783. The summed E-state index contributed by atoms with van der Waals surface area (Å²) in [7, 11) is -3.59. The number of anilines is 3. The first-order valence-electron chi connectivity index (χ1n) is 10.2. The molecule has 0 saturated carbocycles. The lowest BCUT2D eigenvalue weighted by atomic mass is 10.3. The van der Waals surface area contributed by atoms with Crippen molar-refractivity contribution in [3.05, 3.63) is 36.4 Å². The molecule has 0 aliphatic carbocycles. The van der Waals surface area contributed by atoms with Crippen LogP contribution in [-0.2, 0) is 19.6 Å². The zero-order chi connectivity index (χ0) is 21.8. The zero-order valence-electron chi connectivity index (χ0n) is 17.4. The van der Waals surface area contributed by atoms with Crippen LogP contribution in [0.1, 0.15) is 6.92 Å². The number of morpholine rings is 1. The van der Waals surface area contributed by atoms with Crippen LogP contribution < -0.4 is 15.1 Å². The number of hydrogen-bond donors (Lipinski definition) is 1. The number of sulfonamides is 1. The van der Waals surface area contributed by atoms with Gasteiger partial charge in [0.15, 0.2) is 11.6 Å². The molecule has 1 aromatic carbocycles. The second-order valence-electron chi connectivity index (χ2n) is 7.45. The fraction of sp³-hybridized carbons (Fsp3) is 0.450. The van der Waals surface area contributed by atoms with E-state index >= 15 is 0 Å². The molecule has 4 rings (SSSR count). The summed E-state index contributed by atoms with van der Waals surface area (Å²) in [4.78, 5) is 15.5. The number of piperazine rings is 1. The highest BCUT2D eigenvalue weighted by molar-refractivity contribution is 7.89. The van der Waals surface area contributed by atoms with Crippen molar-refractivity contribution in [1.29, 1.82) is 0 Å². The molecule has 166 valence electrons. The number of nitrogens with one attached hydrogen (secondary N) is 1. The fourth-order valence-electron chi connectivity index (χ4n) is 3.67. The highest BCUT2D eigenvalue weighted by Crippen LogP contribution is 2.22. The average molecular weight is 447 g/mol. The summed E-state index contributed by atoms with van der Waals surface area (Å²) in [6.45, 7) is 6.19. The number of hydrogen-bond acceptors (Lipinski definition) is 8. The minimum atomic E-state index is -3.59. The maximum Gasteiger partial charge on any atom is 0.243 e. The van der Waals surface area contributed by atoms with Gasteiger partial charge < -0.3 is 19.9 Å². The van der Waals surface area contributed by atoms with Crippen LogP contribution in [0.25, 0.3) is 0 Å². The molecule has 0 radical (unpaired) electrons. The molecule has 1 N–H and O–H groups in total. The third kappa shape index (κ3) is 4.94. The third-order valence-corrected chi connectivity index (χ3v) is 7.26. The summed E-state index contributed by atoms with van der Waals surface area (Å²) < 4.78 is 32.8. The van der Waals surface area contributed by atoms with Gasteiger partial charge in [-0.1, -0.05) is 0 Å². The SMILES string of the molecule is CC(=O)Nc1ccc(S(=O)(=O)N2CCN(c3ccc(N4CCOCC4)nn3)CC2)cc1. The van der Waals surface area contributed by atoms with E-state index in [1.54, 1.807) is 12.1 Å². The Bertz CT molecular complexity index is 999. The Morgan fingerprint density at radius 3 is 1.94 bits per heavy atom.